The predicted octanol–water partition coefficient (Wildman–Crippen LogP) is 2.68. The topological polar surface area (TPSA) is 57.5 Å². The van der Waals surface area contributed by atoms with Gasteiger partial charge in [0.15, 0.2) is 0 Å². The number of aromatic carboxylic acids is 1. The van der Waals surface area contributed by atoms with Crippen LogP contribution >= 0.6 is 0 Å². The summed E-state index contributed by atoms with van der Waals surface area (Å²) in [6.45, 7) is 11.4. The zero-order valence-electron chi connectivity index (χ0n) is 14.8. The lowest BCUT2D eigenvalue weighted by atomic mass is 10.0. The second-order valence-corrected chi connectivity index (χ2v) is 6.96. The van der Waals surface area contributed by atoms with Crippen molar-refractivity contribution in [2.24, 2.45) is 0 Å². The number of aryl methyl sites for hydroxylation is 1. The van der Waals surface area contributed by atoms with E-state index in [4.69, 9.17) is 0 Å². The van der Waals surface area contributed by atoms with E-state index in [1.165, 1.54) is 5.56 Å². The summed E-state index contributed by atoms with van der Waals surface area (Å²) >= 11 is 0. The van der Waals surface area contributed by atoms with Gasteiger partial charge in [-0.2, -0.15) is 0 Å². The lowest BCUT2D eigenvalue weighted by Gasteiger charge is -2.26. The van der Waals surface area contributed by atoms with Crippen molar-refractivity contribution in [3.05, 3.63) is 35.0 Å². The fraction of sp³-hybridized carbons (Fsp3) is 0.526. The summed E-state index contributed by atoms with van der Waals surface area (Å²) in [5, 5.41) is 14.1. The molecule has 1 aromatic heterocycles. The molecule has 0 saturated carbocycles. The van der Waals surface area contributed by atoms with Crippen molar-refractivity contribution in [1.82, 2.24) is 14.8 Å². The molecular formula is C19H27N3O2. The van der Waals surface area contributed by atoms with Gasteiger partial charge >= 0.3 is 5.97 Å². The van der Waals surface area contributed by atoms with Crippen LogP contribution in [0.15, 0.2) is 18.3 Å². The molecule has 2 N–H and O–H groups in total. The molecule has 0 aliphatic carbocycles. The average Bonchev–Trinajstić information content (AvgIpc) is 2.92. The van der Waals surface area contributed by atoms with Gasteiger partial charge < -0.3 is 19.9 Å². The number of hydrogen-bond acceptors (Lipinski definition) is 3. The van der Waals surface area contributed by atoms with E-state index in [-0.39, 0.29) is 6.04 Å². The Kier molecular flexibility index (Phi) is 4.92. The smallest absolute Gasteiger partial charge is 0.338 e. The van der Waals surface area contributed by atoms with Crippen LogP contribution in [-0.2, 0) is 6.42 Å². The Labute approximate surface area is 143 Å². The molecule has 5 heteroatoms. The molecule has 0 spiro atoms. The van der Waals surface area contributed by atoms with Gasteiger partial charge in [-0.1, -0.05) is 12.1 Å². The highest BCUT2D eigenvalue weighted by Gasteiger charge is 2.20. The summed E-state index contributed by atoms with van der Waals surface area (Å²) in [4.78, 5) is 14.3. The number of nitrogens with one attached hydrogen (secondary N) is 1. The van der Waals surface area contributed by atoms with Gasteiger partial charge in [0.2, 0.25) is 0 Å². The van der Waals surface area contributed by atoms with E-state index < -0.39 is 5.97 Å². The molecule has 2 heterocycles. The first-order valence-corrected chi connectivity index (χ1v) is 8.78. The number of benzene rings is 1. The van der Waals surface area contributed by atoms with Gasteiger partial charge in [0.1, 0.15) is 0 Å². The Balaban J connectivity index is 1.99. The van der Waals surface area contributed by atoms with Crippen LogP contribution in [0.5, 0.6) is 0 Å². The number of carboxylic acids is 1. The number of carboxylic acid groups (broad SMARTS) is 1. The average molecular weight is 329 g/mol. The monoisotopic (exact) mass is 329 g/mol. The highest BCUT2D eigenvalue weighted by molar-refractivity contribution is 6.04. The molecule has 5 nitrogen and oxygen atoms in total. The number of aromatic nitrogens is 1. The van der Waals surface area contributed by atoms with Crippen LogP contribution in [0.3, 0.4) is 0 Å². The summed E-state index contributed by atoms with van der Waals surface area (Å²) < 4.78 is 2.12. The molecule has 1 saturated heterocycles. The van der Waals surface area contributed by atoms with E-state index >= 15 is 0 Å². The van der Waals surface area contributed by atoms with Crippen LogP contribution in [0.1, 0.15) is 41.4 Å². The molecule has 130 valence electrons. The van der Waals surface area contributed by atoms with E-state index in [9.17, 15) is 9.90 Å². The second-order valence-electron chi connectivity index (χ2n) is 6.96. The van der Waals surface area contributed by atoms with E-state index in [0.29, 0.717) is 5.56 Å². The minimum absolute atomic E-state index is 0.236. The maximum atomic E-state index is 11.8. The van der Waals surface area contributed by atoms with Crippen molar-refractivity contribution < 1.29 is 9.90 Å². The van der Waals surface area contributed by atoms with Gasteiger partial charge in [-0.25, -0.2) is 4.79 Å². The van der Waals surface area contributed by atoms with Crippen molar-refractivity contribution >= 4 is 16.9 Å². The molecule has 2 aromatic rings. The minimum atomic E-state index is -0.841. The maximum Gasteiger partial charge on any atom is 0.338 e. The summed E-state index contributed by atoms with van der Waals surface area (Å²) in [6.07, 6.45) is 3.11. The highest BCUT2D eigenvalue weighted by atomic mass is 16.4. The van der Waals surface area contributed by atoms with Gasteiger partial charge in [-0.15, -0.1) is 0 Å². The third-order valence-electron chi connectivity index (χ3n) is 4.96. The largest absolute Gasteiger partial charge is 0.478 e. The fourth-order valence-corrected chi connectivity index (χ4v) is 3.61. The Bertz CT molecular complexity index is 743. The zero-order valence-corrected chi connectivity index (χ0v) is 14.8. The molecule has 3 rings (SSSR count). The molecular weight excluding hydrogens is 302 g/mol. The SMILES string of the molecule is Cc1ccc2c(CCN3CCNCC3)cn(C(C)C)c2c1C(=O)O. The normalized spacial score (nSPS) is 16.2. The molecule has 0 bridgehead atoms. The number of rotatable bonds is 5. The fourth-order valence-electron chi connectivity index (χ4n) is 3.61. The Morgan fingerprint density at radius 3 is 2.62 bits per heavy atom. The predicted molar refractivity (Wildman–Crippen MR) is 97.0 cm³/mol. The highest BCUT2D eigenvalue weighted by Crippen LogP contribution is 2.30. The molecule has 24 heavy (non-hydrogen) atoms. The van der Waals surface area contributed by atoms with Crippen LogP contribution in [-0.4, -0.2) is 53.3 Å². The number of hydrogen-bond donors (Lipinski definition) is 2. The first-order chi connectivity index (χ1) is 11.5. The van der Waals surface area contributed by atoms with Crippen LogP contribution in [0.2, 0.25) is 0 Å². The Morgan fingerprint density at radius 2 is 2.00 bits per heavy atom. The van der Waals surface area contributed by atoms with E-state index in [1.54, 1.807) is 0 Å². The molecule has 1 aromatic carbocycles. The first kappa shape index (κ1) is 17.0. The molecule has 0 amide bonds. The summed E-state index contributed by atoms with van der Waals surface area (Å²) in [7, 11) is 0. The summed E-state index contributed by atoms with van der Waals surface area (Å²) in [5.74, 6) is -0.841. The molecule has 0 radical (unpaired) electrons. The molecule has 1 fully saturated rings. The number of piperazine rings is 1. The quantitative estimate of drug-likeness (QED) is 0.885. The van der Waals surface area contributed by atoms with Crippen molar-refractivity contribution in [3.8, 4) is 0 Å². The van der Waals surface area contributed by atoms with Crippen LogP contribution in [0, 0.1) is 6.92 Å². The van der Waals surface area contributed by atoms with E-state index in [0.717, 1.165) is 55.6 Å². The minimum Gasteiger partial charge on any atom is -0.478 e. The van der Waals surface area contributed by atoms with Gasteiger partial charge in [-0.3, -0.25) is 0 Å². The lowest BCUT2D eigenvalue weighted by molar-refractivity contribution is 0.0698. The van der Waals surface area contributed by atoms with Gasteiger partial charge in [0, 0.05) is 50.3 Å². The van der Waals surface area contributed by atoms with Crippen molar-refractivity contribution in [2.45, 2.75) is 33.2 Å². The standard InChI is InChI=1S/C19H27N3O2/c1-13(2)22-12-15(6-9-21-10-7-20-8-11-21)16-5-4-14(3)17(18(16)22)19(23)24/h4-5,12-13,20H,6-11H2,1-3H3,(H,23,24). The van der Waals surface area contributed by atoms with Gasteiger partial charge in [0.25, 0.3) is 0 Å². The van der Waals surface area contributed by atoms with Crippen LogP contribution < -0.4 is 5.32 Å². The van der Waals surface area contributed by atoms with Crippen molar-refractivity contribution in [3.63, 3.8) is 0 Å². The molecule has 0 atom stereocenters. The molecule has 1 aliphatic heterocycles. The van der Waals surface area contributed by atoms with Gasteiger partial charge in [0.05, 0.1) is 11.1 Å². The Hall–Kier alpha value is -1.85. The number of carbonyl (C=O) groups is 1. The third-order valence-corrected chi connectivity index (χ3v) is 4.96. The number of nitrogens with zero attached hydrogens (tertiary/aromatic N) is 2. The third kappa shape index (κ3) is 3.19. The summed E-state index contributed by atoms with van der Waals surface area (Å²) in [6, 6.07) is 4.26. The molecule has 0 unspecified atom stereocenters. The van der Waals surface area contributed by atoms with Crippen LogP contribution in [0.4, 0.5) is 0 Å². The van der Waals surface area contributed by atoms with E-state index in [1.807, 2.05) is 13.0 Å². The van der Waals surface area contributed by atoms with Crippen LogP contribution in [0.25, 0.3) is 10.9 Å². The Morgan fingerprint density at radius 1 is 1.29 bits per heavy atom. The number of fused-ring (bicyclic) bond motifs is 1. The van der Waals surface area contributed by atoms with Gasteiger partial charge in [-0.05, 0) is 38.3 Å². The van der Waals surface area contributed by atoms with Crippen molar-refractivity contribution in [1.29, 1.82) is 0 Å². The molecule has 1 aliphatic rings. The van der Waals surface area contributed by atoms with Crippen molar-refractivity contribution in [2.75, 3.05) is 32.7 Å². The zero-order chi connectivity index (χ0) is 17.3. The summed E-state index contributed by atoms with van der Waals surface area (Å²) in [5.41, 5.74) is 3.38. The maximum absolute atomic E-state index is 11.8. The second kappa shape index (κ2) is 6.95. The first-order valence-electron chi connectivity index (χ1n) is 8.78. The van der Waals surface area contributed by atoms with E-state index in [2.05, 4.69) is 40.9 Å². The lowest BCUT2D eigenvalue weighted by Crippen LogP contribution is -2.44.